The minimum atomic E-state index is -0.143. The van der Waals surface area contributed by atoms with E-state index in [9.17, 15) is 9.90 Å². The number of amides is 1. The molecule has 21 heavy (non-hydrogen) atoms. The average molecular weight is 349 g/mol. The molecule has 0 fully saturated rings. The van der Waals surface area contributed by atoms with Crippen molar-refractivity contribution in [2.24, 2.45) is 0 Å². The quantitative estimate of drug-likeness (QED) is 0.855. The zero-order valence-electron chi connectivity index (χ0n) is 12.0. The summed E-state index contributed by atoms with van der Waals surface area (Å²) < 4.78 is 0.634. The highest BCUT2D eigenvalue weighted by atomic mass is 79.9. The Morgan fingerprint density at radius 2 is 2.05 bits per heavy atom. The summed E-state index contributed by atoms with van der Waals surface area (Å²) >= 11 is 3.28. The van der Waals surface area contributed by atoms with Crippen molar-refractivity contribution in [2.45, 2.75) is 19.9 Å². The lowest BCUT2D eigenvalue weighted by Gasteiger charge is -2.28. The van der Waals surface area contributed by atoms with Crippen molar-refractivity contribution >= 4 is 21.8 Å². The molecular weight excluding hydrogens is 332 g/mol. The molecule has 1 unspecified atom stereocenters. The Morgan fingerprint density at radius 3 is 2.67 bits per heavy atom. The lowest BCUT2D eigenvalue weighted by atomic mass is 10.1. The molecule has 0 saturated carbocycles. The Bertz CT molecular complexity index is 646. The highest BCUT2D eigenvalue weighted by molar-refractivity contribution is 9.10. The van der Waals surface area contributed by atoms with Gasteiger partial charge in [0, 0.05) is 6.54 Å². The van der Waals surface area contributed by atoms with E-state index in [1.54, 1.807) is 41.3 Å². The first-order valence-corrected chi connectivity index (χ1v) is 7.54. The van der Waals surface area contributed by atoms with Crippen LogP contribution in [-0.4, -0.2) is 27.4 Å². The molecule has 5 heteroatoms. The van der Waals surface area contributed by atoms with Crippen molar-refractivity contribution in [1.29, 1.82) is 0 Å². The molecule has 1 atom stereocenters. The predicted octanol–water partition coefficient (Wildman–Crippen LogP) is 3.77. The largest absolute Gasteiger partial charge is 0.508 e. The molecule has 0 aliphatic rings. The van der Waals surface area contributed by atoms with Gasteiger partial charge in [0.1, 0.15) is 16.0 Å². The van der Waals surface area contributed by atoms with Gasteiger partial charge in [-0.15, -0.1) is 0 Å². The van der Waals surface area contributed by atoms with E-state index in [2.05, 4.69) is 20.9 Å². The van der Waals surface area contributed by atoms with Crippen LogP contribution < -0.4 is 0 Å². The molecule has 0 bridgehead atoms. The molecule has 0 aliphatic heterocycles. The van der Waals surface area contributed by atoms with Crippen LogP contribution in [0.1, 0.15) is 35.9 Å². The van der Waals surface area contributed by atoms with E-state index in [4.69, 9.17) is 0 Å². The topological polar surface area (TPSA) is 53.4 Å². The van der Waals surface area contributed by atoms with Crippen LogP contribution in [0.5, 0.6) is 5.75 Å². The first kappa shape index (κ1) is 15.5. The Balaban J connectivity index is 2.28. The Labute approximate surface area is 132 Å². The minimum absolute atomic E-state index is 0.130. The highest BCUT2D eigenvalue weighted by Gasteiger charge is 2.22. The average Bonchev–Trinajstić information content (AvgIpc) is 2.47. The summed E-state index contributed by atoms with van der Waals surface area (Å²) in [4.78, 5) is 18.5. The van der Waals surface area contributed by atoms with Gasteiger partial charge in [0.05, 0.1) is 6.04 Å². The first-order valence-electron chi connectivity index (χ1n) is 6.75. The maximum Gasteiger partial charge on any atom is 0.272 e. The molecule has 1 heterocycles. The van der Waals surface area contributed by atoms with Crippen LogP contribution in [0.15, 0.2) is 47.1 Å². The molecule has 110 valence electrons. The van der Waals surface area contributed by atoms with Crippen molar-refractivity contribution in [2.75, 3.05) is 6.54 Å². The van der Waals surface area contributed by atoms with Gasteiger partial charge >= 0.3 is 0 Å². The lowest BCUT2D eigenvalue weighted by Crippen LogP contribution is -2.34. The molecule has 0 spiro atoms. The number of phenols is 1. The fraction of sp³-hybridized carbons (Fsp3) is 0.250. The predicted molar refractivity (Wildman–Crippen MR) is 85.2 cm³/mol. The van der Waals surface area contributed by atoms with Crippen LogP contribution in [0.4, 0.5) is 0 Å². The number of benzene rings is 1. The Morgan fingerprint density at radius 1 is 1.33 bits per heavy atom. The molecule has 0 aliphatic carbocycles. The second-order valence-electron chi connectivity index (χ2n) is 4.71. The molecule has 2 rings (SSSR count). The van der Waals surface area contributed by atoms with Crippen molar-refractivity contribution in [3.8, 4) is 5.75 Å². The van der Waals surface area contributed by atoms with Crippen LogP contribution in [0.3, 0.4) is 0 Å². The van der Waals surface area contributed by atoms with Crippen LogP contribution in [0.25, 0.3) is 0 Å². The van der Waals surface area contributed by atoms with Gasteiger partial charge in [-0.25, -0.2) is 4.98 Å². The van der Waals surface area contributed by atoms with Gasteiger partial charge in [-0.2, -0.15) is 0 Å². The number of hydrogen-bond acceptors (Lipinski definition) is 3. The fourth-order valence-electron chi connectivity index (χ4n) is 2.23. The summed E-state index contributed by atoms with van der Waals surface area (Å²) in [6.45, 7) is 4.42. The number of aromatic nitrogens is 1. The molecule has 1 N–H and O–H groups in total. The van der Waals surface area contributed by atoms with E-state index >= 15 is 0 Å². The van der Waals surface area contributed by atoms with Crippen molar-refractivity contribution in [3.05, 3.63) is 58.3 Å². The standard InChI is InChI=1S/C16H17BrN2O2/c1-3-19(11(2)12-6-4-7-13(20)10-12)16(21)14-8-5-9-15(17)18-14/h4-11,20H,3H2,1-2H3. The summed E-state index contributed by atoms with van der Waals surface area (Å²) in [7, 11) is 0. The first-order chi connectivity index (χ1) is 10.0. The molecular formula is C16H17BrN2O2. The number of phenolic OH excluding ortho intramolecular Hbond substituents is 1. The van der Waals surface area contributed by atoms with Gasteiger partial charge < -0.3 is 10.0 Å². The third-order valence-electron chi connectivity index (χ3n) is 3.36. The van der Waals surface area contributed by atoms with E-state index in [0.717, 1.165) is 5.56 Å². The number of carbonyl (C=O) groups excluding carboxylic acids is 1. The summed E-state index contributed by atoms with van der Waals surface area (Å²) in [6.07, 6.45) is 0. The Hall–Kier alpha value is -1.88. The number of hydrogen-bond donors (Lipinski definition) is 1. The van der Waals surface area contributed by atoms with Crippen molar-refractivity contribution in [1.82, 2.24) is 9.88 Å². The highest BCUT2D eigenvalue weighted by Crippen LogP contribution is 2.24. The van der Waals surface area contributed by atoms with E-state index in [1.165, 1.54) is 0 Å². The second kappa shape index (κ2) is 6.72. The van der Waals surface area contributed by atoms with Crippen LogP contribution in [0.2, 0.25) is 0 Å². The number of rotatable bonds is 4. The summed E-state index contributed by atoms with van der Waals surface area (Å²) in [5.74, 6) is 0.0677. The lowest BCUT2D eigenvalue weighted by molar-refractivity contribution is 0.0696. The van der Waals surface area contributed by atoms with E-state index in [0.29, 0.717) is 16.8 Å². The Kier molecular flexibility index (Phi) is 4.96. The monoisotopic (exact) mass is 348 g/mol. The number of halogens is 1. The van der Waals surface area contributed by atoms with Gasteiger partial charge in [0.15, 0.2) is 0 Å². The summed E-state index contributed by atoms with van der Waals surface area (Å²) in [5.41, 5.74) is 1.29. The smallest absolute Gasteiger partial charge is 0.272 e. The van der Waals surface area contributed by atoms with E-state index < -0.39 is 0 Å². The maximum atomic E-state index is 12.6. The fourth-order valence-corrected chi connectivity index (χ4v) is 2.58. The number of pyridine rings is 1. The SMILES string of the molecule is CCN(C(=O)c1cccc(Br)n1)C(C)c1cccc(O)c1. The number of nitrogens with zero attached hydrogens (tertiary/aromatic N) is 2. The zero-order valence-corrected chi connectivity index (χ0v) is 13.5. The molecule has 1 aromatic carbocycles. The third-order valence-corrected chi connectivity index (χ3v) is 3.80. The second-order valence-corrected chi connectivity index (χ2v) is 5.52. The molecule has 1 aromatic heterocycles. The van der Waals surface area contributed by atoms with Gasteiger partial charge in [-0.3, -0.25) is 4.79 Å². The summed E-state index contributed by atoms with van der Waals surface area (Å²) in [6, 6.07) is 12.1. The van der Waals surface area contributed by atoms with Gasteiger partial charge in [-0.1, -0.05) is 18.2 Å². The van der Waals surface area contributed by atoms with Crippen LogP contribution in [0, 0.1) is 0 Å². The van der Waals surface area contributed by atoms with E-state index in [-0.39, 0.29) is 17.7 Å². The van der Waals surface area contributed by atoms with Gasteiger partial charge in [-0.05, 0) is 59.6 Å². The van der Waals surface area contributed by atoms with Gasteiger partial charge in [0.25, 0.3) is 5.91 Å². The van der Waals surface area contributed by atoms with Crippen molar-refractivity contribution < 1.29 is 9.90 Å². The minimum Gasteiger partial charge on any atom is -0.508 e. The third kappa shape index (κ3) is 3.61. The molecule has 0 saturated heterocycles. The zero-order chi connectivity index (χ0) is 15.4. The normalized spacial score (nSPS) is 12.0. The number of aromatic hydroxyl groups is 1. The van der Waals surface area contributed by atoms with E-state index in [1.807, 2.05) is 19.9 Å². The molecule has 0 radical (unpaired) electrons. The van der Waals surface area contributed by atoms with Crippen molar-refractivity contribution in [3.63, 3.8) is 0 Å². The maximum absolute atomic E-state index is 12.6. The van der Waals surface area contributed by atoms with Gasteiger partial charge in [0.2, 0.25) is 0 Å². The molecule has 1 amide bonds. The van der Waals surface area contributed by atoms with Crippen LogP contribution in [-0.2, 0) is 0 Å². The summed E-state index contributed by atoms with van der Waals surface area (Å²) in [5, 5.41) is 9.59. The molecule has 2 aromatic rings. The number of carbonyl (C=O) groups is 1. The molecule has 4 nitrogen and oxygen atoms in total. The van der Waals surface area contributed by atoms with Crippen LogP contribution >= 0.6 is 15.9 Å².